The summed E-state index contributed by atoms with van der Waals surface area (Å²) < 4.78 is 13.1. The first-order valence-corrected chi connectivity index (χ1v) is 9.10. The van der Waals surface area contributed by atoms with Crippen molar-refractivity contribution in [1.82, 2.24) is 9.78 Å². The zero-order valence-electron chi connectivity index (χ0n) is 15.5. The molecular formula is C22H22N2O3. The fraction of sp³-hybridized carbons (Fsp3) is 0.273. The van der Waals surface area contributed by atoms with Crippen molar-refractivity contribution in [3.05, 3.63) is 77.1 Å². The molecule has 138 valence electrons. The van der Waals surface area contributed by atoms with E-state index in [-0.39, 0.29) is 18.5 Å². The highest BCUT2D eigenvalue weighted by molar-refractivity contribution is 5.73. The average Bonchev–Trinajstić information content (AvgIpc) is 3.04. The van der Waals surface area contributed by atoms with Crippen molar-refractivity contribution in [3.8, 4) is 11.4 Å². The molecule has 1 atom stereocenters. The van der Waals surface area contributed by atoms with Gasteiger partial charge < -0.3 is 9.47 Å². The average molecular weight is 362 g/mol. The summed E-state index contributed by atoms with van der Waals surface area (Å²) in [6, 6.07) is 17.8. The first kappa shape index (κ1) is 17.3. The number of fused-ring (bicyclic) bond motifs is 1. The Morgan fingerprint density at radius 2 is 1.96 bits per heavy atom. The molecule has 0 fully saturated rings. The largest absolute Gasteiger partial charge is 0.492 e. The predicted molar refractivity (Wildman–Crippen MR) is 102 cm³/mol. The lowest BCUT2D eigenvalue weighted by Gasteiger charge is -2.23. The normalized spacial score (nSPS) is 15.7. The summed E-state index contributed by atoms with van der Waals surface area (Å²) >= 11 is 0. The summed E-state index contributed by atoms with van der Waals surface area (Å²) in [4.78, 5) is 12.4. The van der Waals surface area contributed by atoms with Crippen LogP contribution in [0.1, 0.15) is 22.5 Å². The number of nitrogens with zero attached hydrogens (tertiary/aromatic N) is 2. The van der Waals surface area contributed by atoms with Crippen molar-refractivity contribution in [2.75, 3.05) is 6.61 Å². The lowest BCUT2D eigenvalue weighted by Crippen LogP contribution is -2.29. The number of hydrogen-bond acceptors (Lipinski definition) is 4. The lowest BCUT2D eigenvalue weighted by molar-refractivity contribution is -0.151. The summed E-state index contributed by atoms with van der Waals surface area (Å²) in [5.74, 6) is 0.391. The van der Waals surface area contributed by atoms with E-state index < -0.39 is 0 Å². The van der Waals surface area contributed by atoms with E-state index >= 15 is 0 Å². The molecule has 1 aliphatic rings. The Labute approximate surface area is 158 Å². The van der Waals surface area contributed by atoms with E-state index in [2.05, 4.69) is 5.10 Å². The molecule has 0 radical (unpaired) electrons. The highest BCUT2D eigenvalue weighted by Gasteiger charge is 2.27. The van der Waals surface area contributed by atoms with Crippen LogP contribution in [-0.2, 0) is 22.6 Å². The molecular weight excluding hydrogens is 340 g/mol. The van der Waals surface area contributed by atoms with E-state index in [1.54, 1.807) is 0 Å². The molecule has 0 spiro atoms. The van der Waals surface area contributed by atoms with Crippen molar-refractivity contribution in [1.29, 1.82) is 0 Å². The molecule has 2 aromatic carbocycles. The maximum Gasteiger partial charge on any atom is 0.313 e. The van der Waals surface area contributed by atoms with Gasteiger partial charge in [-0.25, -0.2) is 4.68 Å². The number of carbonyl (C=O) groups is 1. The molecule has 0 saturated heterocycles. The van der Waals surface area contributed by atoms with Crippen LogP contribution in [0.25, 0.3) is 5.69 Å². The maximum atomic E-state index is 12.4. The van der Waals surface area contributed by atoms with Crippen LogP contribution in [0.3, 0.4) is 0 Å². The Hall–Kier alpha value is -3.08. The number of hydrogen-bond donors (Lipinski definition) is 0. The van der Waals surface area contributed by atoms with Gasteiger partial charge in [0.2, 0.25) is 0 Å². The Bertz CT molecular complexity index is 960. The van der Waals surface area contributed by atoms with Crippen LogP contribution in [-0.4, -0.2) is 22.4 Å². The number of para-hydroxylation sites is 1. The van der Waals surface area contributed by atoms with Gasteiger partial charge in [-0.1, -0.05) is 30.3 Å². The van der Waals surface area contributed by atoms with Gasteiger partial charge in [0.15, 0.2) is 0 Å². The molecule has 2 heterocycles. The minimum Gasteiger partial charge on any atom is -0.492 e. The molecule has 0 bridgehead atoms. The Morgan fingerprint density at radius 3 is 2.70 bits per heavy atom. The second-order valence-corrected chi connectivity index (χ2v) is 6.93. The fourth-order valence-electron chi connectivity index (χ4n) is 3.38. The van der Waals surface area contributed by atoms with Crippen molar-refractivity contribution in [3.63, 3.8) is 0 Å². The van der Waals surface area contributed by atoms with Gasteiger partial charge in [0.1, 0.15) is 19.0 Å². The van der Waals surface area contributed by atoms with Gasteiger partial charge in [-0.3, -0.25) is 4.79 Å². The van der Waals surface area contributed by atoms with E-state index in [0.29, 0.717) is 13.0 Å². The molecule has 0 aliphatic carbocycles. The Kier molecular flexibility index (Phi) is 4.67. The van der Waals surface area contributed by atoms with Crippen molar-refractivity contribution >= 4 is 5.97 Å². The van der Waals surface area contributed by atoms with E-state index in [1.165, 1.54) is 0 Å². The quantitative estimate of drug-likeness (QED) is 0.663. The number of benzene rings is 2. The van der Waals surface area contributed by atoms with Crippen molar-refractivity contribution < 1.29 is 14.3 Å². The van der Waals surface area contributed by atoms with Crippen LogP contribution in [0, 0.1) is 19.8 Å². The second kappa shape index (κ2) is 7.27. The first-order valence-electron chi connectivity index (χ1n) is 9.10. The molecule has 0 saturated carbocycles. The third-order valence-electron chi connectivity index (χ3n) is 4.78. The molecule has 3 aromatic rings. The van der Waals surface area contributed by atoms with E-state index in [4.69, 9.17) is 9.47 Å². The van der Waals surface area contributed by atoms with Gasteiger partial charge in [-0.2, -0.15) is 5.10 Å². The highest BCUT2D eigenvalue weighted by atomic mass is 16.5. The predicted octanol–water partition coefficient (Wildman–Crippen LogP) is 3.78. The van der Waals surface area contributed by atoms with Gasteiger partial charge in [0.05, 0.1) is 17.3 Å². The van der Waals surface area contributed by atoms with Gasteiger partial charge in [-0.15, -0.1) is 0 Å². The SMILES string of the molecule is Cc1cc(C)n(-c2ccc(COC(=O)C3COc4ccccc4C3)cc2)n1. The standard InChI is InChI=1S/C22H22N2O3/c1-15-11-16(2)24(23-15)20-9-7-17(8-10-20)13-27-22(25)19-12-18-5-3-4-6-21(18)26-14-19/h3-11,19H,12-14H2,1-2H3. The molecule has 5 heteroatoms. The number of aryl methyl sites for hydroxylation is 2. The van der Waals surface area contributed by atoms with Crippen LogP contribution in [0.4, 0.5) is 0 Å². The molecule has 27 heavy (non-hydrogen) atoms. The molecule has 1 aromatic heterocycles. The molecule has 1 aliphatic heterocycles. The van der Waals surface area contributed by atoms with Crippen LogP contribution in [0.15, 0.2) is 54.6 Å². The smallest absolute Gasteiger partial charge is 0.313 e. The van der Waals surface area contributed by atoms with Crippen molar-refractivity contribution in [2.45, 2.75) is 26.9 Å². The first-order chi connectivity index (χ1) is 13.1. The lowest BCUT2D eigenvalue weighted by atomic mass is 9.97. The summed E-state index contributed by atoms with van der Waals surface area (Å²) in [5.41, 5.74) is 5.07. The van der Waals surface area contributed by atoms with Gasteiger partial charge in [0, 0.05) is 5.69 Å². The van der Waals surface area contributed by atoms with E-state index in [0.717, 1.165) is 34.0 Å². The fourth-order valence-corrected chi connectivity index (χ4v) is 3.38. The zero-order chi connectivity index (χ0) is 18.8. The number of esters is 1. The highest BCUT2D eigenvalue weighted by Crippen LogP contribution is 2.27. The van der Waals surface area contributed by atoms with Gasteiger partial charge in [0.25, 0.3) is 0 Å². The van der Waals surface area contributed by atoms with E-state index in [9.17, 15) is 4.79 Å². The topological polar surface area (TPSA) is 53.4 Å². The second-order valence-electron chi connectivity index (χ2n) is 6.93. The molecule has 4 rings (SSSR count). The molecule has 0 amide bonds. The maximum absolute atomic E-state index is 12.4. The van der Waals surface area contributed by atoms with Crippen molar-refractivity contribution in [2.24, 2.45) is 5.92 Å². The minimum atomic E-state index is -0.256. The Morgan fingerprint density at radius 1 is 1.19 bits per heavy atom. The van der Waals surface area contributed by atoms with Crippen LogP contribution in [0.2, 0.25) is 0 Å². The summed E-state index contributed by atoms with van der Waals surface area (Å²) in [7, 11) is 0. The summed E-state index contributed by atoms with van der Waals surface area (Å²) in [5, 5.41) is 4.48. The minimum absolute atomic E-state index is 0.216. The number of aromatic nitrogens is 2. The zero-order valence-corrected chi connectivity index (χ0v) is 15.5. The molecule has 5 nitrogen and oxygen atoms in total. The number of rotatable bonds is 4. The monoisotopic (exact) mass is 362 g/mol. The summed E-state index contributed by atoms with van der Waals surface area (Å²) in [6.45, 7) is 4.63. The van der Waals surface area contributed by atoms with Crippen LogP contribution < -0.4 is 4.74 Å². The van der Waals surface area contributed by atoms with Crippen LogP contribution in [0.5, 0.6) is 5.75 Å². The van der Waals surface area contributed by atoms with E-state index in [1.807, 2.05) is 73.1 Å². The molecule has 0 N–H and O–H groups in total. The number of carbonyl (C=O) groups excluding carboxylic acids is 1. The molecule has 1 unspecified atom stereocenters. The van der Waals surface area contributed by atoms with Gasteiger partial charge in [-0.05, 0) is 55.7 Å². The summed E-state index contributed by atoms with van der Waals surface area (Å²) in [6.07, 6.45) is 0.659. The number of ether oxygens (including phenoxy) is 2. The van der Waals surface area contributed by atoms with Gasteiger partial charge >= 0.3 is 5.97 Å². The third-order valence-corrected chi connectivity index (χ3v) is 4.78. The van der Waals surface area contributed by atoms with Crippen LogP contribution >= 0.6 is 0 Å². The Balaban J connectivity index is 1.36. The third kappa shape index (κ3) is 3.72.